The number of benzene rings is 1. The molecule has 0 saturated carbocycles. The van der Waals surface area contributed by atoms with Gasteiger partial charge in [-0.1, -0.05) is 0 Å². The zero-order chi connectivity index (χ0) is 14.0. The number of fused-ring (bicyclic) bond motifs is 1. The Bertz CT molecular complexity index is 598. The van der Waals surface area contributed by atoms with Gasteiger partial charge in [-0.15, -0.1) is 0 Å². The first-order valence-corrected chi connectivity index (χ1v) is 5.88. The van der Waals surface area contributed by atoms with Crippen LogP contribution in [0.5, 0.6) is 0 Å². The molecule has 6 nitrogen and oxygen atoms in total. The molecule has 1 aromatic heterocycles. The van der Waals surface area contributed by atoms with Crippen molar-refractivity contribution in [2.45, 2.75) is 33.0 Å². The van der Waals surface area contributed by atoms with E-state index >= 15 is 0 Å². The Morgan fingerprint density at radius 3 is 2.84 bits per heavy atom. The maximum absolute atomic E-state index is 11.6. The molecule has 102 valence electrons. The van der Waals surface area contributed by atoms with E-state index in [1.807, 2.05) is 0 Å². The Morgan fingerprint density at radius 1 is 1.47 bits per heavy atom. The van der Waals surface area contributed by atoms with Crippen LogP contribution in [-0.2, 0) is 11.3 Å². The Balaban J connectivity index is 2.15. The van der Waals surface area contributed by atoms with Crippen LogP contribution in [0, 0.1) is 0 Å². The summed E-state index contributed by atoms with van der Waals surface area (Å²) in [5, 5.41) is 11.5. The van der Waals surface area contributed by atoms with E-state index in [0.29, 0.717) is 16.8 Å². The van der Waals surface area contributed by atoms with Gasteiger partial charge in [-0.2, -0.15) is 0 Å². The Labute approximate surface area is 110 Å². The highest BCUT2D eigenvalue weighted by Gasteiger charge is 2.16. The monoisotopic (exact) mass is 264 g/mol. The van der Waals surface area contributed by atoms with Crippen LogP contribution in [-0.4, -0.2) is 21.8 Å². The van der Waals surface area contributed by atoms with E-state index < -0.39 is 11.7 Å². The van der Waals surface area contributed by atoms with Crippen molar-refractivity contribution >= 4 is 22.9 Å². The number of nitrogens with zero attached hydrogens (tertiary/aromatic N) is 1. The van der Waals surface area contributed by atoms with Crippen LogP contribution in [0.3, 0.4) is 0 Å². The molecule has 2 N–H and O–H groups in total. The van der Waals surface area contributed by atoms with Gasteiger partial charge in [0.25, 0.3) is 0 Å². The Hall–Kier alpha value is -2.08. The van der Waals surface area contributed by atoms with Crippen LogP contribution in [0.15, 0.2) is 22.6 Å². The number of hydrogen-bond donors (Lipinski definition) is 2. The molecule has 0 bridgehead atoms. The molecule has 0 aliphatic carbocycles. The fourth-order valence-corrected chi connectivity index (χ4v) is 1.54. The average Bonchev–Trinajstić information content (AvgIpc) is 2.68. The quantitative estimate of drug-likeness (QED) is 0.871. The topological polar surface area (TPSA) is 84.6 Å². The van der Waals surface area contributed by atoms with E-state index in [1.54, 1.807) is 39.0 Å². The lowest BCUT2D eigenvalue weighted by atomic mass is 10.2. The Morgan fingerprint density at radius 2 is 2.21 bits per heavy atom. The lowest BCUT2D eigenvalue weighted by Crippen LogP contribution is -2.27. The molecule has 0 radical (unpaired) electrons. The van der Waals surface area contributed by atoms with Crippen LogP contribution in [0.4, 0.5) is 10.5 Å². The summed E-state index contributed by atoms with van der Waals surface area (Å²) in [7, 11) is 0. The van der Waals surface area contributed by atoms with Crippen LogP contribution < -0.4 is 5.32 Å². The number of oxazole rings is 1. The minimum absolute atomic E-state index is 0.240. The second kappa shape index (κ2) is 4.89. The lowest BCUT2D eigenvalue weighted by Gasteiger charge is -2.19. The van der Waals surface area contributed by atoms with Crippen molar-refractivity contribution in [2.75, 3.05) is 5.32 Å². The van der Waals surface area contributed by atoms with Crippen molar-refractivity contribution in [1.82, 2.24) is 4.98 Å². The van der Waals surface area contributed by atoms with E-state index in [-0.39, 0.29) is 12.5 Å². The minimum atomic E-state index is -0.549. The second-order valence-corrected chi connectivity index (χ2v) is 5.08. The van der Waals surface area contributed by atoms with Crippen molar-refractivity contribution in [1.29, 1.82) is 0 Å². The third kappa shape index (κ3) is 3.45. The summed E-state index contributed by atoms with van der Waals surface area (Å²) >= 11 is 0. The van der Waals surface area contributed by atoms with E-state index in [1.165, 1.54) is 0 Å². The second-order valence-electron chi connectivity index (χ2n) is 5.08. The molecule has 1 amide bonds. The zero-order valence-electron chi connectivity index (χ0n) is 11.1. The molecule has 1 aromatic carbocycles. The number of aliphatic hydroxyl groups is 1. The van der Waals surface area contributed by atoms with Gasteiger partial charge >= 0.3 is 6.09 Å². The molecule has 0 atom stereocenters. The first-order chi connectivity index (χ1) is 8.87. The van der Waals surface area contributed by atoms with Gasteiger partial charge in [0.15, 0.2) is 5.58 Å². The van der Waals surface area contributed by atoms with Gasteiger partial charge in [0, 0.05) is 5.69 Å². The average molecular weight is 264 g/mol. The number of anilines is 1. The summed E-state index contributed by atoms with van der Waals surface area (Å²) in [5.41, 5.74) is 1.13. The molecule has 6 heteroatoms. The lowest BCUT2D eigenvalue weighted by molar-refractivity contribution is 0.0636. The fourth-order valence-electron chi connectivity index (χ4n) is 1.54. The van der Waals surface area contributed by atoms with Gasteiger partial charge in [0.1, 0.15) is 17.7 Å². The molecule has 0 fully saturated rings. The number of carbonyl (C=O) groups excluding carboxylic acids is 1. The maximum Gasteiger partial charge on any atom is 0.412 e. The van der Waals surface area contributed by atoms with Gasteiger partial charge in [-0.3, -0.25) is 5.32 Å². The molecular formula is C13H16N2O4. The summed E-state index contributed by atoms with van der Waals surface area (Å²) in [5.74, 6) is 0.240. The van der Waals surface area contributed by atoms with E-state index in [4.69, 9.17) is 14.3 Å². The summed E-state index contributed by atoms with van der Waals surface area (Å²) in [4.78, 5) is 15.7. The van der Waals surface area contributed by atoms with Crippen LogP contribution in [0.1, 0.15) is 26.7 Å². The molecule has 1 heterocycles. The number of aliphatic hydroxyl groups excluding tert-OH is 1. The van der Waals surface area contributed by atoms with Gasteiger partial charge in [0.2, 0.25) is 5.89 Å². The fraction of sp³-hybridized carbons (Fsp3) is 0.385. The predicted octanol–water partition coefficient (Wildman–Crippen LogP) is 2.67. The van der Waals surface area contributed by atoms with Crippen LogP contribution in [0.2, 0.25) is 0 Å². The molecule has 0 aliphatic rings. The summed E-state index contributed by atoms with van der Waals surface area (Å²) < 4.78 is 10.4. The van der Waals surface area contributed by atoms with E-state index in [9.17, 15) is 4.79 Å². The van der Waals surface area contributed by atoms with Crippen molar-refractivity contribution in [3.63, 3.8) is 0 Å². The van der Waals surface area contributed by atoms with Crippen molar-refractivity contribution in [2.24, 2.45) is 0 Å². The molecule has 0 spiro atoms. The molecule has 2 rings (SSSR count). The normalized spacial score (nSPS) is 11.6. The van der Waals surface area contributed by atoms with Crippen molar-refractivity contribution < 1.29 is 19.1 Å². The van der Waals surface area contributed by atoms with Crippen LogP contribution >= 0.6 is 0 Å². The SMILES string of the molecule is CC(C)(C)OC(=O)Nc1ccc2oc(CO)nc2c1. The first-order valence-electron chi connectivity index (χ1n) is 5.88. The largest absolute Gasteiger partial charge is 0.444 e. The van der Waals surface area contributed by atoms with Crippen molar-refractivity contribution in [3.05, 3.63) is 24.1 Å². The molecule has 0 aliphatic heterocycles. The molecule has 0 saturated heterocycles. The highest BCUT2D eigenvalue weighted by atomic mass is 16.6. The molecule has 19 heavy (non-hydrogen) atoms. The smallest absolute Gasteiger partial charge is 0.412 e. The number of hydrogen-bond acceptors (Lipinski definition) is 5. The zero-order valence-corrected chi connectivity index (χ0v) is 11.1. The third-order valence-corrected chi connectivity index (χ3v) is 2.21. The highest BCUT2D eigenvalue weighted by Crippen LogP contribution is 2.20. The standard InChI is InChI=1S/C13H16N2O4/c1-13(2,3)19-12(17)14-8-4-5-10-9(6-8)15-11(7-16)18-10/h4-6,16H,7H2,1-3H3,(H,14,17). The predicted molar refractivity (Wildman–Crippen MR) is 69.8 cm³/mol. The number of amides is 1. The van der Waals surface area contributed by atoms with Gasteiger partial charge in [-0.05, 0) is 39.0 Å². The van der Waals surface area contributed by atoms with Gasteiger partial charge in [-0.25, -0.2) is 9.78 Å². The number of rotatable bonds is 2. The number of aromatic nitrogens is 1. The number of carbonyl (C=O) groups is 1. The first kappa shape index (κ1) is 13.4. The van der Waals surface area contributed by atoms with Crippen molar-refractivity contribution in [3.8, 4) is 0 Å². The van der Waals surface area contributed by atoms with E-state index in [0.717, 1.165) is 0 Å². The van der Waals surface area contributed by atoms with Gasteiger partial charge in [0.05, 0.1) is 0 Å². The number of nitrogens with one attached hydrogen (secondary N) is 1. The molecule has 0 unspecified atom stereocenters. The molecule has 2 aromatic rings. The highest BCUT2D eigenvalue weighted by molar-refractivity contribution is 5.88. The summed E-state index contributed by atoms with van der Waals surface area (Å²) in [6.45, 7) is 5.12. The summed E-state index contributed by atoms with van der Waals surface area (Å²) in [6, 6.07) is 5.01. The Kier molecular flexibility index (Phi) is 3.44. The minimum Gasteiger partial charge on any atom is -0.444 e. The molecular weight excluding hydrogens is 248 g/mol. The van der Waals surface area contributed by atoms with Crippen LogP contribution in [0.25, 0.3) is 11.1 Å². The van der Waals surface area contributed by atoms with Gasteiger partial charge < -0.3 is 14.3 Å². The number of ether oxygens (including phenoxy) is 1. The summed E-state index contributed by atoms with van der Waals surface area (Å²) in [6.07, 6.45) is -0.530. The third-order valence-electron chi connectivity index (χ3n) is 2.21. The van der Waals surface area contributed by atoms with E-state index in [2.05, 4.69) is 10.3 Å². The maximum atomic E-state index is 11.6.